The number of hydrogen-bond donors (Lipinski definition) is 0. The highest BCUT2D eigenvalue weighted by Crippen LogP contribution is 2.30. The van der Waals surface area contributed by atoms with Crippen LogP contribution in [0.15, 0.2) is 63.7 Å². The summed E-state index contributed by atoms with van der Waals surface area (Å²) in [6, 6.07) is 13.7. The summed E-state index contributed by atoms with van der Waals surface area (Å²) in [5, 5.41) is 12.2. The van der Waals surface area contributed by atoms with Gasteiger partial charge in [-0.3, -0.25) is 9.36 Å². The van der Waals surface area contributed by atoms with E-state index in [0.29, 0.717) is 23.0 Å². The van der Waals surface area contributed by atoms with E-state index in [1.54, 1.807) is 6.26 Å². The fourth-order valence-electron chi connectivity index (χ4n) is 3.36. The van der Waals surface area contributed by atoms with Crippen LogP contribution in [0.1, 0.15) is 42.2 Å². The number of rotatable bonds is 10. The van der Waals surface area contributed by atoms with Gasteiger partial charge in [-0.2, -0.15) is 0 Å². The molecule has 1 aromatic carbocycles. The third kappa shape index (κ3) is 4.94. The lowest BCUT2D eigenvalue weighted by molar-refractivity contribution is 0.0750. The third-order valence-corrected chi connectivity index (χ3v) is 6.73. The molecule has 1 amide bonds. The summed E-state index contributed by atoms with van der Waals surface area (Å²) in [5.41, 5.74) is 1.48. The number of aromatic nitrogens is 4. The number of thiazole rings is 1. The second-order valence-corrected chi connectivity index (χ2v) is 9.05. The van der Waals surface area contributed by atoms with Gasteiger partial charge in [-0.1, -0.05) is 43.8 Å². The highest BCUT2D eigenvalue weighted by molar-refractivity contribution is 7.98. The maximum Gasteiger partial charge on any atom is 0.273 e. The van der Waals surface area contributed by atoms with Crippen molar-refractivity contribution in [3.63, 3.8) is 0 Å². The smallest absolute Gasteiger partial charge is 0.273 e. The summed E-state index contributed by atoms with van der Waals surface area (Å²) in [5.74, 6) is 1.91. The van der Waals surface area contributed by atoms with Crippen LogP contribution < -0.4 is 0 Å². The van der Waals surface area contributed by atoms with Gasteiger partial charge in [-0.05, 0) is 37.1 Å². The molecule has 0 saturated heterocycles. The van der Waals surface area contributed by atoms with Crippen molar-refractivity contribution in [3.8, 4) is 17.3 Å². The summed E-state index contributed by atoms with van der Waals surface area (Å²) in [6.45, 7) is 5.67. The molecule has 3 heterocycles. The van der Waals surface area contributed by atoms with Crippen molar-refractivity contribution in [1.29, 1.82) is 0 Å². The van der Waals surface area contributed by atoms with E-state index < -0.39 is 0 Å². The minimum atomic E-state index is 0.00811. The summed E-state index contributed by atoms with van der Waals surface area (Å²) < 4.78 is 7.54. The first-order valence-electron chi connectivity index (χ1n) is 10.6. The molecular weight excluding hydrogens is 442 g/mol. The lowest BCUT2D eigenvalue weighted by atomic mass is 10.3. The molecule has 0 atom stereocenters. The van der Waals surface area contributed by atoms with Crippen molar-refractivity contribution in [2.24, 2.45) is 0 Å². The number of carbonyl (C=O) groups is 1. The minimum absolute atomic E-state index is 0.00811. The highest BCUT2D eigenvalue weighted by atomic mass is 32.2. The number of thioether (sulfide) groups is 1. The molecule has 0 aliphatic rings. The van der Waals surface area contributed by atoms with E-state index in [1.165, 1.54) is 23.1 Å². The molecule has 0 saturated carbocycles. The van der Waals surface area contributed by atoms with Gasteiger partial charge in [0.1, 0.15) is 10.7 Å². The summed E-state index contributed by atoms with van der Waals surface area (Å²) >= 11 is 3.04. The number of benzene rings is 1. The molecular formula is C23H25N5O2S2. The second-order valence-electron chi connectivity index (χ2n) is 7.16. The lowest BCUT2D eigenvalue weighted by Crippen LogP contribution is -2.32. The number of hydrogen-bond acceptors (Lipinski definition) is 7. The topological polar surface area (TPSA) is 77.0 Å². The van der Waals surface area contributed by atoms with E-state index in [-0.39, 0.29) is 5.91 Å². The number of furan rings is 1. The van der Waals surface area contributed by atoms with Gasteiger partial charge >= 0.3 is 0 Å². The molecule has 9 heteroatoms. The van der Waals surface area contributed by atoms with Gasteiger partial charge in [-0.25, -0.2) is 4.98 Å². The molecule has 0 bridgehead atoms. The first kappa shape index (κ1) is 22.3. The highest BCUT2D eigenvalue weighted by Gasteiger charge is 2.20. The maximum atomic E-state index is 12.8. The second kappa shape index (κ2) is 10.6. The largest absolute Gasteiger partial charge is 0.461 e. The predicted molar refractivity (Wildman–Crippen MR) is 127 cm³/mol. The Morgan fingerprint density at radius 2 is 1.88 bits per heavy atom. The summed E-state index contributed by atoms with van der Waals surface area (Å²) in [6.07, 6.45) is 3.50. The Labute approximate surface area is 195 Å². The van der Waals surface area contributed by atoms with Crippen LogP contribution >= 0.6 is 23.1 Å². The Morgan fingerprint density at radius 3 is 2.56 bits per heavy atom. The quantitative estimate of drug-likeness (QED) is 0.285. The molecule has 4 aromatic rings. The molecule has 32 heavy (non-hydrogen) atoms. The van der Waals surface area contributed by atoms with Crippen LogP contribution in [0, 0.1) is 0 Å². The molecule has 0 fully saturated rings. The van der Waals surface area contributed by atoms with Crippen molar-refractivity contribution in [3.05, 3.63) is 64.8 Å². The zero-order chi connectivity index (χ0) is 22.3. The van der Waals surface area contributed by atoms with Crippen LogP contribution in [0.25, 0.3) is 17.3 Å². The van der Waals surface area contributed by atoms with Crippen LogP contribution in [0.4, 0.5) is 0 Å². The van der Waals surface area contributed by atoms with E-state index in [4.69, 9.17) is 4.42 Å². The molecule has 3 aromatic heterocycles. The molecule has 4 rings (SSSR count). The molecule has 0 unspecified atom stereocenters. The fourth-order valence-corrected chi connectivity index (χ4v) is 5.09. The maximum absolute atomic E-state index is 12.8. The number of nitrogens with zero attached hydrogens (tertiary/aromatic N) is 5. The van der Waals surface area contributed by atoms with Crippen LogP contribution in [0.2, 0.25) is 0 Å². The van der Waals surface area contributed by atoms with Gasteiger partial charge in [0, 0.05) is 24.2 Å². The Hall–Kier alpha value is -2.91. The van der Waals surface area contributed by atoms with Crippen molar-refractivity contribution < 1.29 is 9.21 Å². The van der Waals surface area contributed by atoms with E-state index in [1.807, 2.05) is 57.3 Å². The average Bonchev–Trinajstić information content (AvgIpc) is 3.58. The summed E-state index contributed by atoms with van der Waals surface area (Å²) in [4.78, 5) is 19.3. The van der Waals surface area contributed by atoms with Gasteiger partial charge in [0.05, 0.1) is 12.0 Å². The summed E-state index contributed by atoms with van der Waals surface area (Å²) in [7, 11) is 0. The molecule has 166 valence electrons. The first-order valence-corrected chi connectivity index (χ1v) is 12.5. The van der Waals surface area contributed by atoms with Crippen LogP contribution in [0.5, 0.6) is 0 Å². The Kier molecular flexibility index (Phi) is 7.39. The molecule has 7 nitrogen and oxygen atoms in total. The molecule has 0 N–H and O–H groups in total. The third-order valence-electron chi connectivity index (χ3n) is 4.76. The Bertz CT molecular complexity index is 1130. The lowest BCUT2D eigenvalue weighted by Gasteiger charge is -2.20. The van der Waals surface area contributed by atoms with Crippen molar-refractivity contribution in [1.82, 2.24) is 24.6 Å². The van der Waals surface area contributed by atoms with E-state index in [2.05, 4.69) is 29.0 Å². The van der Waals surface area contributed by atoms with Crippen molar-refractivity contribution in [2.45, 2.75) is 37.6 Å². The van der Waals surface area contributed by atoms with Gasteiger partial charge in [-0.15, -0.1) is 21.5 Å². The van der Waals surface area contributed by atoms with E-state index in [9.17, 15) is 4.79 Å². The van der Waals surface area contributed by atoms with Gasteiger partial charge < -0.3 is 9.32 Å². The van der Waals surface area contributed by atoms with Gasteiger partial charge in [0.2, 0.25) is 5.82 Å². The van der Waals surface area contributed by atoms with Crippen molar-refractivity contribution in [2.75, 3.05) is 13.1 Å². The molecule has 0 spiro atoms. The fraction of sp³-hybridized carbons (Fsp3) is 0.304. The van der Waals surface area contributed by atoms with Crippen LogP contribution in [0.3, 0.4) is 0 Å². The average molecular weight is 468 g/mol. The molecule has 0 aliphatic carbocycles. The van der Waals surface area contributed by atoms with E-state index in [0.717, 1.165) is 41.8 Å². The zero-order valence-corrected chi connectivity index (χ0v) is 19.7. The molecule has 0 radical (unpaired) electrons. The molecule has 0 aliphatic heterocycles. The monoisotopic (exact) mass is 467 g/mol. The SMILES string of the molecule is CCCN(CCC)C(=O)c1csc(CSc2nnc(-c3ccco3)n2-c2ccccc2)n1. The van der Waals surface area contributed by atoms with Crippen molar-refractivity contribution >= 4 is 29.0 Å². The van der Waals surface area contributed by atoms with Gasteiger partial charge in [0.15, 0.2) is 10.9 Å². The number of carbonyl (C=O) groups excluding carboxylic acids is 1. The first-order chi connectivity index (χ1) is 15.7. The number of amides is 1. The normalized spacial score (nSPS) is 11.1. The standard InChI is InChI=1S/C23H25N5O2S2/c1-3-12-27(13-4-2)22(29)18-15-31-20(24-18)16-32-23-26-25-21(19-11-8-14-30-19)28(23)17-9-6-5-7-10-17/h5-11,14-15H,3-4,12-13,16H2,1-2H3. The number of para-hydroxylation sites is 1. The zero-order valence-electron chi connectivity index (χ0n) is 18.1. The van der Waals surface area contributed by atoms with Crippen LogP contribution in [-0.4, -0.2) is 43.6 Å². The minimum Gasteiger partial charge on any atom is -0.461 e. The predicted octanol–water partition coefficient (Wildman–Crippen LogP) is 5.54. The van der Waals surface area contributed by atoms with Gasteiger partial charge in [0.25, 0.3) is 5.91 Å². The van der Waals surface area contributed by atoms with E-state index >= 15 is 0 Å². The Morgan fingerprint density at radius 1 is 1.09 bits per heavy atom. The van der Waals surface area contributed by atoms with Crippen LogP contribution in [-0.2, 0) is 5.75 Å². The Balaban J connectivity index is 1.53.